The largest absolute Gasteiger partial charge is 0.497 e. The third-order valence-electron chi connectivity index (χ3n) is 6.61. The van der Waals surface area contributed by atoms with E-state index in [1.54, 1.807) is 24.3 Å². The number of hydrogen-bond donors (Lipinski definition) is 1. The molecule has 0 unspecified atom stereocenters. The van der Waals surface area contributed by atoms with Crippen molar-refractivity contribution < 1.29 is 27.1 Å². The Morgan fingerprint density at radius 1 is 0.975 bits per heavy atom. The third kappa shape index (κ3) is 8.29. The normalized spacial score (nSPS) is 12.7. The maximum atomic E-state index is 14.8. The molecular formula is C30H36FN3O5S. The number of anilines is 1. The molecule has 0 aliphatic carbocycles. The van der Waals surface area contributed by atoms with Crippen LogP contribution in [0.4, 0.5) is 10.1 Å². The summed E-state index contributed by atoms with van der Waals surface area (Å²) >= 11 is 0. The van der Waals surface area contributed by atoms with Crippen LogP contribution in [0.25, 0.3) is 0 Å². The molecule has 40 heavy (non-hydrogen) atoms. The Labute approximate surface area is 235 Å². The molecule has 0 heterocycles. The third-order valence-corrected chi connectivity index (χ3v) is 7.75. The van der Waals surface area contributed by atoms with Crippen molar-refractivity contribution in [3.8, 4) is 5.75 Å². The fourth-order valence-electron chi connectivity index (χ4n) is 4.17. The zero-order chi connectivity index (χ0) is 29.3. The molecule has 0 radical (unpaired) electrons. The van der Waals surface area contributed by atoms with Gasteiger partial charge in [0.25, 0.3) is 0 Å². The van der Waals surface area contributed by atoms with Crippen LogP contribution in [0.5, 0.6) is 5.75 Å². The number of amides is 2. The molecule has 0 spiro atoms. The molecule has 2 amide bonds. The molecule has 3 aromatic carbocycles. The number of methoxy groups -OCH3 is 1. The SMILES string of the molecule is CC[C@@H](C)NC(=O)[C@@H](Cc1ccccc1)N(Cc1ccccc1F)C(=O)CN(c1ccc(OC)cc1)S(C)(=O)=O. The molecule has 0 aliphatic rings. The van der Waals surface area contributed by atoms with Crippen molar-refractivity contribution in [1.29, 1.82) is 0 Å². The van der Waals surface area contributed by atoms with Crippen molar-refractivity contribution >= 4 is 27.5 Å². The summed E-state index contributed by atoms with van der Waals surface area (Å²) in [5, 5.41) is 2.94. The average molecular weight is 570 g/mol. The van der Waals surface area contributed by atoms with E-state index in [2.05, 4.69) is 5.32 Å². The summed E-state index contributed by atoms with van der Waals surface area (Å²) in [6.45, 7) is 2.98. The second-order valence-corrected chi connectivity index (χ2v) is 11.5. The number of benzene rings is 3. The highest BCUT2D eigenvalue weighted by Gasteiger charge is 2.33. The summed E-state index contributed by atoms with van der Waals surface area (Å²) in [4.78, 5) is 28.9. The lowest BCUT2D eigenvalue weighted by atomic mass is 10.0. The van der Waals surface area contributed by atoms with Crippen LogP contribution >= 0.6 is 0 Å². The van der Waals surface area contributed by atoms with Gasteiger partial charge in [0.1, 0.15) is 24.2 Å². The molecule has 0 aliphatic heterocycles. The first-order valence-electron chi connectivity index (χ1n) is 13.0. The monoisotopic (exact) mass is 569 g/mol. The van der Waals surface area contributed by atoms with E-state index in [4.69, 9.17) is 4.74 Å². The number of carbonyl (C=O) groups is 2. The smallest absolute Gasteiger partial charge is 0.244 e. The Bertz CT molecular complexity index is 1380. The molecule has 0 saturated carbocycles. The van der Waals surface area contributed by atoms with Crippen LogP contribution in [0.3, 0.4) is 0 Å². The van der Waals surface area contributed by atoms with E-state index in [-0.39, 0.29) is 30.3 Å². The zero-order valence-corrected chi connectivity index (χ0v) is 24.0. The van der Waals surface area contributed by atoms with E-state index in [9.17, 15) is 22.4 Å². The van der Waals surface area contributed by atoms with Gasteiger partial charge in [-0.1, -0.05) is 55.5 Å². The lowest BCUT2D eigenvalue weighted by Gasteiger charge is -2.34. The first-order valence-corrected chi connectivity index (χ1v) is 14.9. The maximum absolute atomic E-state index is 14.8. The number of sulfonamides is 1. The van der Waals surface area contributed by atoms with Gasteiger partial charge in [-0.2, -0.15) is 0 Å². The molecule has 3 rings (SSSR count). The highest BCUT2D eigenvalue weighted by atomic mass is 32.2. The van der Waals surface area contributed by atoms with Gasteiger partial charge in [-0.15, -0.1) is 0 Å². The summed E-state index contributed by atoms with van der Waals surface area (Å²) in [5.74, 6) is -1.06. The van der Waals surface area contributed by atoms with Gasteiger partial charge in [0, 0.05) is 24.6 Å². The van der Waals surface area contributed by atoms with E-state index in [0.717, 1.165) is 16.1 Å². The van der Waals surface area contributed by atoms with Gasteiger partial charge >= 0.3 is 0 Å². The zero-order valence-electron chi connectivity index (χ0n) is 23.2. The van der Waals surface area contributed by atoms with E-state index in [1.807, 2.05) is 44.2 Å². The predicted octanol–water partition coefficient (Wildman–Crippen LogP) is 4.16. The van der Waals surface area contributed by atoms with Crippen molar-refractivity contribution in [2.24, 2.45) is 0 Å². The minimum absolute atomic E-state index is 0.157. The Morgan fingerprint density at radius 3 is 2.17 bits per heavy atom. The average Bonchev–Trinajstić information content (AvgIpc) is 2.94. The summed E-state index contributed by atoms with van der Waals surface area (Å²) < 4.78 is 46.6. The Kier molecular flexibility index (Phi) is 10.7. The standard InChI is InChI=1S/C30H36FN3O5S/c1-5-22(2)32-30(36)28(19-23-11-7-6-8-12-23)33(20-24-13-9-10-14-27(24)31)29(35)21-34(40(4,37)38)25-15-17-26(39-3)18-16-25/h6-18,22,28H,5,19-21H2,1-4H3,(H,32,36)/t22-,28-/m1/s1. The topological polar surface area (TPSA) is 96.0 Å². The van der Waals surface area contributed by atoms with Gasteiger partial charge < -0.3 is 15.0 Å². The molecule has 1 N–H and O–H groups in total. The summed E-state index contributed by atoms with van der Waals surface area (Å²) in [7, 11) is -2.41. The minimum atomic E-state index is -3.90. The molecule has 0 fully saturated rings. The summed E-state index contributed by atoms with van der Waals surface area (Å²) in [5.41, 5.74) is 1.26. The second kappa shape index (κ2) is 13.9. The van der Waals surface area contributed by atoms with Gasteiger partial charge in [-0.25, -0.2) is 12.8 Å². The molecule has 2 atom stereocenters. The highest BCUT2D eigenvalue weighted by molar-refractivity contribution is 7.92. The van der Waals surface area contributed by atoms with Gasteiger partial charge in [-0.3, -0.25) is 13.9 Å². The number of nitrogens with one attached hydrogen (secondary N) is 1. The lowest BCUT2D eigenvalue weighted by Crippen LogP contribution is -2.54. The Morgan fingerprint density at radius 2 is 1.60 bits per heavy atom. The molecule has 214 valence electrons. The lowest BCUT2D eigenvalue weighted by molar-refractivity contribution is -0.140. The van der Waals surface area contributed by atoms with Gasteiger partial charge in [-0.05, 0) is 49.2 Å². The fourth-order valence-corrected chi connectivity index (χ4v) is 5.02. The number of nitrogens with zero attached hydrogens (tertiary/aromatic N) is 2. The van der Waals surface area contributed by atoms with E-state index in [0.29, 0.717) is 12.2 Å². The van der Waals surface area contributed by atoms with Crippen molar-refractivity contribution in [1.82, 2.24) is 10.2 Å². The van der Waals surface area contributed by atoms with Crippen molar-refractivity contribution in [3.63, 3.8) is 0 Å². The molecule has 8 nitrogen and oxygen atoms in total. The Hall–Kier alpha value is -3.92. The number of carbonyl (C=O) groups excluding carboxylic acids is 2. The van der Waals surface area contributed by atoms with Crippen LogP contribution in [0.15, 0.2) is 78.9 Å². The van der Waals surface area contributed by atoms with Crippen LogP contribution in [0.1, 0.15) is 31.4 Å². The van der Waals surface area contributed by atoms with Gasteiger partial charge in [0.15, 0.2) is 0 Å². The molecule has 3 aromatic rings. The molecule has 10 heteroatoms. The van der Waals surface area contributed by atoms with Crippen molar-refractivity contribution in [2.75, 3.05) is 24.2 Å². The van der Waals surface area contributed by atoms with Crippen LogP contribution in [-0.2, 0) is 32.6 Å². The number of ether oxygens (including phenoxy) is 1. The predicted molar refractivity (Wildman–Crippen MR) is 154 cm³/mol. The Balaban J connectivity index is 2.06. The van der Waals surface area contributed by atoms with E-state index in [1.165, 1.54) is 36.3 Å². The second-order valence-electron chi connectivity index (χ2n) is 9.60. The first kappa shape index (κ1) is 30.6. The van der Waals surface area contributed by atoms with Gasteiger partial charge in [0.2, 0.25) is 21.8 Å². The molecule has 0 saturated heterocycles. The summed E-state index contributed by atoms with van der Waals surface area (Å²) in [6, 6.07) is 20.3. The van der Waals surface area contributed by atoms with E-state index >= 15 is 0 Å². The van der Waals surface area contributed by atoms with Crippen LogP contribution in [0, 0.1) is 5.82 Å². The number of rotatable bonds is 13. The molecular weight excluding hydrogens is 533 g/mol. The number of hydrogen-bond acceptors (Lipinski definition) is 5. The summed E-state index contributed by atoms with van der Waals surface area (Å²) in [6.07, 6.45) is 1.83. The van der Waals surface area contributed by atoms with Crippen molar-refractivity contribution in [2.45, 2.75) is 45.3 Å². The highest BCUT2D eigenvalue weighted by Crippen LogP contribution is 2.23. The van der Waals surface area contributed by atoms with Gasteiger partial charge in [0.05, 0.1) is 19.1 Å². The minimum Gasteiger partial charge on any atom is -0.497 e. The van der Waals surface area contributed by atoms with E-state index < -0.39 is 40.2 Å². The first-order chi connectivity index (χ1) is 19.0. The molecule has 0 bridgehead atoms. The van der Waals surface area contributed by atoms with Crippen LogP contribution < -0.4 is 14.4 Å². The number of halogens is 1. The quantitative estimate of drug-likeness (QED) is 0.334. The van der Waals surface area contributed by atoms with Crippen molar-refractivity contribution in [3.05, 3.63) is 95.8 Å². The fraction of sp³-hybridized carbons (Fsp3) is 0.333. The van der Waals surface area contributed by atoms with Crippen LogP contribution in [-0.4, -0.2) is 57.1 Å². The molecule has 0 aromatic heterocycles. The van der Waals surface area contributed by atoms with Crippen LogP contribution in [0.2, 0.25) is 0 Å². The maximum Gasteiger partial charge on any atom is 0.244 e.